The summed E-state index contributed by atoms with van der Waals surface area (Å²) in [7, 11) is 0. The molecule has 25 heavy (non-hydrogen) atoms. The highest BCUT2D eigenvalue weighted by atomic mass is 16.2. The van der Waals surface area contributed by atoms with Gasteiger partial charge in [-0.05, 0) is 43.7 Å². The van der Waals surface area contributed by atoms with Gasteiger partial charge in [0.25, 0.3) is 0 Å². The summed E-state index contributed by atoms with van der Waals surface area (Å²) in [6, 6.07) is 8.56. The molecule has 0 radical (unpaired) electrons. The third-order valence-electron chi connectivity index (χ3n) is 5.35. The van der Waals surface area contributed by atoms with Crippen LogP contribution >= 0.6 is 0 Å². The Bertz CT molecular complexity index is 778. The van der Waals surface area contributed by atoms with Gasteiger partial charge in [-0.15, -0.1) is 0 Å². The number of nitrogens with zero attached hydrogens (tertiary/aromatic N) is 1. The van der Waals surface area contributed by atoms with Crippen LogP contribution in [0.3, 0.4) is 0 Å². The van der Waals surface area contributed by atoms with Crippen molar-refractivity contribution in [2.45, 2.75) is 44.6 Å². The summed E-state index contributed by atoms with van der Waals surface area (Å²) >= 11 is 0. The molecular formula is C20H25N3O2. The Morgan fingerprint density at radius 1 is 1.20 bits per heavy atom. The number of amides is 2. The van der Waals surface area contributed by atoms with Crippen LogP contribution < -0.4 is 5.32 Å². The van der Waals surface area contributed by atoms with E-state index in [1.807, 2.05) is 29.3 Å². The van der Waals surface area contributed by atoms with Gasteiger partial charge in [-0.25, -0.2) is 0 Å². The molecule has 2 N–H and O–H groups in total. The second kappa shape index (κ2) is 6.90. The van der Waals surface area contributed by atoms with E-state index in [1.54, 1.807) is 0 Å². The quantitative estimate of drug-likeness (QED) is 0.879. The monoisotopic (exact) mass is 339 g/mol. The Balaban J connectivity index is 1.33. The number of aryl methyl sites for hydroxylation is 1. The first-order valence-electron chi connectivity index (χ1n) is 9.34. The maximum absolute atomic E-state index is 12.6. The normalized spacial score (nSPS) is 20.6. The zero-order chi connectivity index (χ0) is 17.2. The molecular weight excluding hydrogens is 314 g/mol. The average molecular weight is 339 g/mol. The van der Waals surface area contributed by atoms with Gasteiger partial charge in [-0.3, -0.25) is 9.59 Å². The van der Waals surface area contributed by atoms with Crippen LogP contribution in [-0.4, -0.2) is 40.8 Å². The molecule has 2 fully saturated rings. The van der Waals surface area contributed by atoms with E-state index in [-0.39, 0.29) is 17.7 Å². The Hall–Kier alpha value is -2.30. The molecule has 1 aliphatic heterocycles. The summed E-state index contributed by atoms with van der Waals surface area (Å²) in [6.07, 6.45) is 7.25. The number of H-pyrrole nitrogens is 1. The van der Waals surface area contributed by atoms with E-state index in [0.29, 0.717) is 19.0 Å². The highest BCUT2D eigenvalue weighted by Gasteiger charge is 2.31. The van der Waals surface area contributed by atoms with Crippen molar-refractivity contribution in [3.05, 3.63) is 36.0 Å². The predicted octanol–water partition coefficient (Wildman–Crippen LogP) is 2.62. The molecule has 0 spiro atoms. The van der Waals surface area contributed by atoms with Crippen molar-refractivity contribution >= 4 is 22.7 Å². The molecule has 5 nitrogen and oxygen atoms in total. The summed E-state index contributed by atoms with van der Waals surface area (Å²) in [5, 5.41) is 4.27. The Morgan fingerprint density at radius 3 is 2.88 bits per heavy atom. The number of para-hydroxylation sites is 1. The summed E-state index contributed by atoms with van der Waals surface area (Å²) in [6.45, 7) is 1.35. The van der Waals surface area contributed by atoms with Crippen molar-refractivity contribution in [3.63, 3.8) is 0 Å². The first-order chi connectivity index (χ1) is 12.2. The van der Waals surface area contributed by atoms with Crippen molar-refractivity contribution < 1.29 is 9.59 Å². The second-order valence-electron chi connectivity index (χ2n) is 7.32. The molecule has 4 rings (SSSR count). The number of piperidine rings is 1. The molecule has 2 aromatic rings. The molecule has 0 unspecified atom stereocenters. The minimum absolute atomic E-state index is 0.0358. The Kier molecular flexibility index (Phi) is 4.47. The van der Waals surface area contributed by atoms with Crippen molar-refractivity contribution in [1.29, 1.82) is 0 Å². The van der Waals surface area contributed by atoms with Crippen LogP contribution in [0.5, 0.6) is 0 Å². The van der Waals surface area contributed by atoms with Gasteiger partial charge in [-0.2, -0.15) is 0 Å². The highest BCUT2D eigenvalue weighted by Crippen LogP contribution is 2.23. The number of hydrogen-bond donors (Lipinski definition) is 2. The largest absolute Gasteiger partial charge is 0.361 e. The van der Waals surface area contributed by atoms with Gasteiger partial charge in [0, 0.05) is 42.7 Å². The number of benzene rings is 1. The van der Waals surface area contributed by atoms with Crippen LogP contribution in [0, 0.1) is 5.92 Å². The maximum Gasteiger partial charge on any atom is 0.225 e. The van der Waals surface area contributed by atoms with Crippen molar-refractivity contribution in [2.75, 3.05) is 13.1 Å². The van der Waals surface area contributed by atoms with Crippen LogP contribution in [-0.2, 0) is 16.0 Å². The summed E-state index contributed by atoms with van der Waals surface area (Å²) < 4.78 is 0. The zero-order valence-electron chi connectivity index (χ0n) is 14.5. The average Bonchev–Trinajstić information content (AvgIpc) is 3.37. The summed E-state index contributed by atoms with van der Waals surface area (Å²) in [4.78, 5) is 30.0. The molecule has 1 saturated heterocycles. The highest BCUT2D eigenvalue weighted by molar-refractivity contribution is 5.85. The van der Waals surface area contributed by atoms with Gasteiger partial charge < -0.3 is 15.2 Å². The van der Waals surface area contributed by atoms with Gasteiger partial charge in [-0.1, -0.05) is 18.2 Å². The molecule has 132 valence electrons. The van der Waals surface area contributed by atoms with E-state index in [4.69, 9.17) is 0 Å². The van der Waals surface area contributed by atoms with Crippen LogP contribution in [0.15, 0.2) is 30.5 Å². The van der Waals surface area contributed by atoms with Gasteiger partial charge >= 0.3 is 0 Å². The topological polar surface area (TPSA) is 65.2 Å². The van der Waals surface area contributed by atoms with Crippen molar-refractivity contribution in [3.8, 4) is 0 Å². The smallest absolute Gasteiger partial charge is 0.225 e. The van der Waals surface area contributed by atoms with Crippen LogP contribution in [0.2, 0.25) is 0 Å². The lowest BCUT2D eigenvalue weighted by Gasteiger charge is -2.32. The molecule has 0 bridgehead atoms. The minimum Gasteiger partial charge on any atom is -0.361 e. The minimum atomic E-state index is -0.0358. The van der Waals surface area contributed by atoms with Crippen molar-refractivity contribution in [2.24, 2.45) is 5.92 Å². The molecule has 1 aromatic carbocycles. The number of carbonyl (C=O) groups excluding carboxylic acids is 2. The van der Waals surface area contributed by atoms with Crippen LogP contribution in [0.25, 0.3) is 10.9 Å². The standard InChI is InChI=1S/C20H25N3O2/c24-19(10-7-14-12-21-18-6-2-1-5-17(14)18)23-11-3-4-15(13-23)20(25)22-16-8-9-16/h1-2,5-6,12,15-16,21H,3-4,7-11,13H2,(H,22,25)/t15-/m0/s1. The van der Waals surface area contributed by atoms with Crippen LogP contribution in [0.1, 0.15) is 37.7 Å². The van der Waals surface area contributed by atoms with Gasteiger partial charge in [0.1, 0.15) is 0 Å². The molecule has 5 heteroatoms. The fraction of sp³-hybridized carbons (Fsp3) is 0.500. The molecule has 1 aliphatic carbocycles. The molecule has 2 amide bonds. The molecule has 2 heterocycles. The van der Waals surface area contributed by atoms with E-state index >= 15 is 0 Å². The van der Waals surface area contributed by atoms with E-state index < -0.39 is 0 Å². The van der Waals surface area contributed by atoms with E-state index in [9.17, 15) is 9.59 Å². The first-order valence-corrected chi connectivity index (χ1v) is 9.34. The summed E-state index contributed by atoms with van der Waals surface area (Å²) in [5.41, 5.74) is 2.30. The number of aromatic nitrogens is 1. The Morgan fingerprint density at radius 2 is 2.04 bits per heavy atom. The number of rotatable bonds is 5. The number of nitrogens with one attached hydrogen (secondary N) is 2. The van der Waals surface area contributed by atoms with Crippen molar-refractivity contribution in [1.82, 2.24) is 15.2 Å². The number of likely N-dealkylation sites (tertiary alicyclic amines) is 1. The predicted molar refractivity (Wildman–Crippen MR) is 97.1 cm³/mol. The lowest BCUT2D eigenvalue weighted by molar-refractivity contribution is -0.135. The van der Waals surface area contributed by atoms with Gasteiger partial charge in [0.2, 0.25) is 11.8 Å². The molecule has 1 aromatic heterocycles. The lowest BCUT2D eigenvalue weighted by atomic mass is 9.96. The number of hydrogen-bond acceptors (Lipinski definition) is 2. The molecule has 1 saturated carbocycles. The summed E-state index contributed by atoms with van der Waals surface area (Å²) in [5.74, 6) is 0.261. The third kappa shape index (κ3) is 3.70. The van der Waals surface area contributed by atoms with E-state index in [0.717, 1.165) is 44.2 Å². The molecule has 2 aliphatic rings. The number of fused-ring (bicyclic) bond motifs is 1. The van der Waals surface area contributed by atoms with Gasteiger partial charge in [0.05, 0.1) is 5.92 Å². The number of aromatic amines is 1. The maximum atomic E-state index is 12.6. The SMILES string of the molecule is O=C(NC1CC1)[C@H]1CCCN(C(=O)CCc2c[nH]c3ccccc23)C1. The lowest BCUT2D eigenvalue weighted by Crippen LogP contribution is -2.45. The molecule has 1 atom stereocenters. The Labute approximate surface area is 147 Å². The zero-order valence-corrected chi connectivity index (χ0v) is 14.5. The van der Waals surface area contributed by atoms with E-state index in [1.165, 1.54) is 10.9 Å². The fourth-order valence-corrected chi connectivity index (χ4v) is 3.70. The second-order valence-corrected chi connectivity index (χ2v) is 7.32. The third-order valence-corrected chi connectivity index (χ3v) is 5.35. The fourth-order valence-electron chi connectivity index (χ4n) is 3.70. The van der Waals surface area contributed by atoms with Crippen LogP contribution in [0.4, 0.5) is 0 Å². The number of carbonyl (C=O) groups is 2. The van der Waals surface area contributed by atoms with Gasteiger partial charge in [0.15, 0.2) is 0 Å². The first kappa shape index (κ1) is 16.2. The van der Waals surface area contributed by atoms with E-state index in [2.05, 4.69) is 16.4 Å².